The van der Waals surface area contributed by atoms with E-state index in [1.165, 1.54) is 0 Å². The first kappa shape index (κ1) is 21.2. The minimum atomic E-state index is -0.783. The van der Waals surface area contributed by atoms with Gasteiger partial charge in [-0.15, -0.1) is 0 Å². The van der Waals surface area contributed by atoms with E-state index in [-0.39, 0.29) is 6.42 Å². The zero-order chi connectivity index (χ0) is 16.5. The number of nitrogens with two attached hydrogens (primary N) is 1. The molecule has 8 heteroatoms. The molecule has 0 fully saturated rings. The van der Waals surface area contributed by atoms with Crippen LogP contribution in [0.2, 0.25) is 0 Å². The quantitative estimate of drug-likeness (QED) is 0.343. The maximum absolute atomic E-state index is 10.4. The molecule has 0 unspecified atom stereocenters. The van der Waals surface area contributed by atoms with Crippen molar-refractivity contribution in [1.29, 1.82) is 0 Å². The van der Waals surface area contributed by atoms with Crippen molar-refractivity contribution in [1.82, 2.24) is 4.90 Å². The third-order valence-electron chi connectivity index (χ3n) is 2.70. The van der Waals surface area contributed by atoms with E-state index in [2.05, 4.69) is 0 Å². The first-order valence-electron chi connectivity index (χ1n) is 7.58. The molecular formula is C14H30N2O6. The molecule has 0 aliphatic carbocycles. The Morgan fingerprint density at radius 3 is 1.77 bits per heavy atom. The Hall–Kier alpha value is -0.770. The lowest BCUT2D eigenvalue weighted by molar-refractivity contribution is -0.137. The van der Waals surface area contributed by atoms with Gasteiger partial charge in [0, 0.05) is 19.6 Å². The van der Waals surface area contributed by atoms with Crippen LogP contribution in [0.15, 0.2) is 0 Å². The van der Waals surface area contributed by atoms with E-state index in [1.807, 2.05) is 11.9 Å². The number of rotatable bonds is 17. The number of hydrogen-bond donors (Lipinski definition) is 2. The second kappa shape index (κ2) is 16.6. The maximum atomic E-state index is 10.4. The molecule has 0 bridgehead atoms. The molecule has 0 spiro atoms. The van der Waals surface area contributed by atoms with Crippen LogP contribution in [0.1, 0.15) is 6.42 Å². The van der Waals surface area contributed by atoms with Gasteiger partial charge in [0.2, 0.25) is 0 Å². The van der Waals surface area contributed by atoms with Gasteiger partial charge in [0.1, 0.15) is 0 Å². The maximum Gasteiger partial charge on any atom is 0.304 e. The molecule has 8 nitrogen and oxygen atoms in total. The van der Waals surface area contributed by atoms with Gasteiger partial charge < -0.3 is 34.7 Å². The molecule has 0 aromatic carbocycles. The van der Waals surface area contributed by atoms with Gasteiger partial charge in [-0.05, 0) is 7.05 Å². The molecule has 22 heavy (non-hydrogen) atoms. The lowest BCUT2D eigenvalue weighted by atomic mass is 10.4. The highest BCUT2D eigenvalue weighted by molar-refractivity contribution is 5.66. The number of carbonyl (C=O) groups is 1. The van der Waals surface area contributed by atoms with Crippen molar-refractivity contribution in [3.8, 4) is 0 Å². The summed E-state index contributed by atoms with van der Waals surface area (Å²) in [5.74, 6) is -0.783. The minimum Gasteiger partial charge on any atom is -0.481 e. The number of nitrogens with zero attached hydrogens (tertiary/aromatic N) is 1. The Labute approximate surface area is 132 Å². The Morgan fingerprint density at radius 1 is 0.864 bits per heavy atom. The number of carboxylic acids is 1. The van der Waals surface area contributed by atoms with Gasteiger partial charge in [-0.1, -0.05) is 0 Å². The van der Waals surface area contributed by atoms with Gasteiger partial charge in [0.05, 0.1) is 59.3 Å². The van der Waals surface area contributed by atoms with Crippen LogP contribution in [0, 0.1) is 0 Å². The summed E-state index contributed by atoms with van der Waals surface area (Å²) >= 11 is 0. The van der Waals surface area contributed by atoms with Crippen molar-refractivity contribution in [3.05, 3.63) is 0 Å². The first-order valence-corrected chi connectivity index (χ1v) is 7.58. The monoisotopic (exact) mass is 322 g/mol. The van der Waals surface area contributed by atoms with E-state index in [9.17, 15) is 4.79 Å². The van der Waals surface area contributed by atoms with Crippen LogP contribution in [0.25, 0.3) is 0 Å². The largest absolute Gasteiger partial charge is 0.481 e. The molecule has 0 aliphatic rings. The molecule has 132 valence electrons. The molecule has 0 rings (SSSR count). The summed E-state index contributed by atoms with van der Waals surface area (Å²) in [6.45, 7) is 6.08. The fraction of sp³-hybridized carbons (Fsp3) is 0.929. The lowest BCUT2D eigenvalue weighted by Crippen LogP contribution is -2.26. The van der Waals surface area contributed by atoms with Gasteiger partial charge in [-0.25, -0.2) is 0 Å². The number of hydrogen-bond acceptors (Lipinski definition) is 7. The third kappa shape index (κ3) is 17.3. The second-order valence-corrected chi connectivity index (χ2v) is 4.69. The normalized spacial score (nSPS) is 11.2. The standard InChI is InChI=1S/C14H30N2O6/c1-16(4-2-14(17)18)5-7-20-9-11-22-13-12-21-10-8-19-6-3-15/h2-13,15H2,1H3,(H,17,18). The molecule has 0 radical (unpaired) electrons. The summed E-state index contributed by atoms with van der Waals surface area (Å²) in [5, 5.41) is 8.55. The Balaban J connectivity index is 3.09. The van der Waals surface area contributed by atoms with Crippen molar-refractivity contribution >= 4 is 5.97 Å². The number of likely N-dealkylation sites (N-methyl/N-ethyl adjacent to an activating group) is 1. The minimum absolute atomic E-state index is 0.150. The molecule has 0 saturated carbocycles. The summed E-state index contributed by atoms with van der Waals surface area (Å²) in [7, 11) is 1.87. The summed E-state index contributed by atoms with van der Waals surface area (Å²) in [6.07, 6.45) is 0.150. The predicted octanol–water partition coefficient (Wildman–Crippen LogP) is -0.582. The van der Waals surface area contributed by atoms with Gasteiger partial charge in [-0.2, -0.15) is 0 Å². The molecule has 0 saturated heterocycles. The molecule has 0 aliphatic heterocycles. The zero-order valence-electron chi connectivity index (χ0n) is 13.5. The molecule has 0 atom stereocenters. The highest BCUT2D eigenvalue weighted by Gasteiger charge is 2.02. The zero-order valence-corrected chi connectivity index (χ0v) is 13.5. The number of carboxylic acid groups (broad SMARTS) is 1. The smallest absolute Gasteiger partial charge is 0.304 e. The first-order chi connectivity index (χ1) is 10.7. The van der Waals surface area contributed by atoms with Crippen LogP contribution in [-0.2, 0) is 23.7 Å². The van der Waals surface area contributed by atoms with Crippen LogP contribution in [0.5, 0.6) is 0 Å². The fourth-order valence-corrected chi connectivity index (χ4v) is 1.46. The number of aliphatic carboxylic acids is 1. The van der Waals surface area contributed by atoms with Crippen LogP contribution < -0.4 is 5.73 Å². The Kier molecular flexibility index (Phi) is 16.0. The third-order valence-corrected chi connectivity index (χ3v) is 2.70. The summed E-state index contributed by atoms with van der Waals surface area (Å²) < 4.78 is 21.2. The van der Waals surface area contributed by atoms with E-state index in [4.69, 9.17) is 29.8 Å². The van der Waals surface area contributed by atoms with Crippen molar-refractivity contribution in [2.75, 3.05) is 79.5 Å². The Morgan fingerprint density at radius 2 is 1.32 bits per heavy atom. The van der Waals surface area contributed by atoms with Gasteiger partial charge in [-0.3, -0.25) is 4.79 Å². The predicted molar refractivity (Wildman–Crippen MR) is 82.1 cm³/mol. The van der Waals surface area contributed by atoms with Crippen molar-refractivity contribution in [3.63, 3.8) is 0 Å². The van der Waals surface area contributed by atoms with Gasteiger partial charge >= 0.3 is 5.97 Å². The van der Waals surface area contributed by atoms with Crippen LogP contribution in [0.3, 0.4) is 0 Å². The van der Waals surface area contributed by atoms with E-state index in [1.54, 1.807) is 0 Å². The van der Waals surface area contributed by atoms with Gasteiger partial charge in [0.25, 0.3) is 0 Å². The second-order valence-electron chi connectivity index (χ2n) is 4.69. The highest BCUT2D eigenvalue weighted by Crippen LogP contribution is 1.88. The average Bonchev–Trinajstić information content (AvgIpc) is 2.49. The molecule has 0 aromatic rings. The van der Waals surface area contributed by atoms with Crippen molar-refractivity contribution < 1.29 is 28.8 Å². The molecular weight excluding hydrogens is 292 g/mol. The summed E-state index contributed by atoms with van der Waals surface area (Å²) in [6, 6.07) is 0. The summed E-state index contributed by atoms with van der Waals surface area (Å²) in [5.41, 5.74) is 5.28. The Bertz CT molecular complexity index is 255. The van der Waals surface area contributed by atoms with E-state index in [0.717, 1.165) is 0 Å². The van der Waals surface area contributed by atoms with E-state index >= 15 is 0 Å². The average molecular weight is 322 g/mol. The molecule has 0 amide bonds. The van der Waals surface area contributed by atoms with Crippen LogP contribution in [0.4, 0.5) is 0 Å². The number of ether oxygens (including phenoxy) is 4. The molecule has 3 N–H and O–H groups in total. The molecule has 0 heterocycles. The van der Waals surface area contributed by atoms with Crippen molar-refractivity contribution in [2.45, 2.75) is 6.42 Å². The SMILES string of the molecule is CN(CCOCCOCCOCCOCCN)CCC(=O)O. The lowest BCUT2D eigenvalue weighted by Gasteiger charge is -2.15. The highest BCUT2D eigenvalue weighted by atomic mass is 16.6. The van der Waals surface area contributed by atoms with Crippen LogP contribution >= 0.6 is 0 Å². The van der Waals surface area contributed by atoms with Crippen molar-refractivity contribution in [2.24, 2.45) is 5.73 Å². The van der Waals surface area contributed by atoms with Gasteiger partial charge in [0.15, 0.2) is 0 Å². The van der Waals surface area contributed by atoms with E-state index in [0.29, 0.717) is 72.5 Å². The topological polar surface area (TPSA) is 103 Å². The molecule has 0 aromatic heterocycles. The van der Waals surface area contributed by atoms with E-state index < -0.39 is 5.97 Å². The fourth-order valence-electron chi connectivity index (χ4n) is 1.46. The van der Waals surface area contributed by atoms with Crippen LogP contribution in [-0.4, -0.2) is 95.5 Å². The summed E-state index contributed by atoms with van der Waals surface area (Å²) in [4.78, 5) is 12.3.